The highest BCUT2D eigenvalue weighted by Crippen LogP contribution is 2.41. The number of rotatable bonds is 20. The van der Waals surface area contributed by atoms with Crippen molar-refractivity contribution in [2.24, 2.45) is 17.6 Å². The zero-order valence-electron chi connectivity index (χ0n) is 32.4. The van der Waals surface area contributed by atoms with Crippen molar-refractivity contribution in [2.45, 2.75) is 77.5 Å². The number of benzene rings is 1. The Bertz CT molecular complexity index is 1940. The topological polar surface area (TPSA) is 200 Å². The first-order valence-corrected chi connectivity index (χ1v) is 19.8. The average Bonchev–Trinajstić information content (AvgIpc) is 3.58. The van der Waals surface area contributed by atoms with Crippen LogP contribution in [0.15, 0.2) is 29.1 Å². The summed E-state index contributed by atoms with van der Waals surface area (Å²) in [5.41, 5.74) is 7.46. The molecule has 1 atom stereocenters. The molecule has 0 radical (unpaired) electrons. The van der Waals surface area contributed by atoms with Crippen LogP contribution in [0, 0.1) is 11.8 Å². The van der Waals surface area contributed by atoms with E-state index in [0.29, 0.717) is 120 Å². The molecule has 1 fully saturated rings. The van der Waals surface area contributed by atoms with E-state index in [0.717, 1.165) is 29.4 Å². The number of amides is 1. The maximum absolute atomic E-state index is 13.7. The van der Waals surface area contributed by atoms with Gasteiger partial charge in [-0.25, -0.2) is 9.78 Å². The Morgan fingerprint density at radius 2 is 1.62 bits per heavy atom. The Labute approximate surface area is 326 Å². The molecule has 2 aromatic heterocycles. The SMILES string of the molecule is CCc1c2c(nc3ccc(OC(=O)[C@H]4CC[C@H](CNC(=O)CCOCCOCCOCCOCCN)CC4)cc13)-c1cc3c(c(=O)n1C2)COC(=O)[C@]3(O)CC. The molecule has 1 aliphatic carbocycles. The van der Waals surface area contributed by atoms with Crippen LogP contribution in [-0.2, 0) is 63.2 Å². The van der Waals surface area contributed by atoms with E-state index in [9.17, 15) is 24.3 Å². The molecule has 15 nitrogen and oxygen atoms in total. The Morgan fingerprint density at radius 1 is 0.946 bits per heavy atom. The van der Waals surface area contributed by atoms with E-state index in [1.807, 2.05) is 19.1 Å². The molecule has 4 heterocycles. The molecule has 1 aromatic carbocycles. The fourth-order valence-corrected chi connectivity index (χ4v) is 7.77. The number of nitrogens with zero attached hydrogens (tertiary/aromatic N) is 2. The summed E-state index contributed by atoms with van der Waals surface area (Å²) in [7, 11) is 0. The molecular weight excluding hydrogens is 724 g/mol. The van der Waals surface area contributed by atoms with Crippen molar-refractivity contribution in [1.82, 2.24) is 14.9 Å². The lowest BCUT2D eigenvalue weighted by Crippen LogP contribution is -2.44. The van der Waals surface area contributed by atoms with E-state index >= 15 is 0 Å². The van der Waals surface area contributed by atoms with Crippen molar-refractivity contribution in [2.75, 3.05) is 65.9 Å². The van der Waals surface area contributed by atoms with Crippen molar-refractivity contribution in [3.63, 3.8) is 0 Å². The smallest absolute Gasteiger partial charge is 0.343 e. The number of fused-ring (bicyclic) bond motifs is 5. The van der Waals surface area contributed by atoms with E-state index in [-0.39, 0.29) is 53.9 Å². The van der Waals surface area contributed by atoms with Crippen molar-refractivity contribution in [3.8, 4) is 17.1 Å². The van der Waals surface area contributed by atoms with Gasteiger partial charge in [0.25, 0.3) is 5.56 Å². The first kappa shape index (κ1) is 41.4. The molecule has 0 unspecified atom stereocenters. The fraction of sp³-hybridized carbons (Fsp3) is 0.585. The molecule has 3 aromatic rings. The monoisotopic (exact) mass is 778 g/mol. The Morgan fingerprint density at radius 3 is 2.29 bits per heavy atom. The van der Waals surface area contributed by atoms with E-state index < -0.39 is 11.6 Å². The van der Waals surface area contributed by atoms with Crippen LogP contribution in [-0.4, -0.2) is 98.4 Å². The first-order chi connectivity index (χ1) is 27.2. The summed E-state index contributed by atoms with van der Waals surface area (Å²) >= 11 is 0. The summed E-state index contributed by atoms with van der Waals surface area (Å²) in [6, 6.07) is 7.10. The zero-order valence-corrected chi connectivity index (χ0v) is 32.4. The van der Waals surface area contributed by atoms with Gasteiger partial charge < -0.3 is 49.1 Å². The van der Waals surface area contributed by atoms with Crippen molar-refractivity contribution < 1.29 is 47.9 Å². The van der Waals surface area contributed by atoms with Crippen molar-refractivity contribution in [3.05, 3.63) is 56.9 Å². The maximum atomic E-state index is 13.7. The number of nitrogens with one attached hydrogen (secondary N) is 1. The number of hydrogen-bond donors (Lipinski definition) is 3. The summed E-state index contributed by atoms with van der Waals surface area (Å²) in [6.07, 6.45) is 3.97. The lowest BCUT2D eigenvalue weighted by molar-refractivity contribution is -0.172. The zero-order chi connectivity index (χ0) is 39.7. The standard InChI is InChI=1S/C41H54N4O11/c1-3-29-30-21-28(9-10-34(30)44-37-31(29)24-45-35(37)22-33-32(38(45)47)25-55-40(49)41(33,50)4-2)56-39(48)27-7-5-26(6-8-27)23-43-36(46)11-13-51-15-17-53-19-20-54-18-16-52-14-12-42/h9-10,21-22,26-27,50H,3-8,11-20,23-25,42H2,1-2H3,(H,43,46)/t26-,27-,41-/m0/s1. The lowest BCUT2D eigenvalue weighted by atomic mass is 9.82. The number of aryl methyl sites for hydroxylation is 1. The third-order valence-electron chi connectivity index (χ3n) is 11.0. The third-order valence-corrected chi connectivity index (χ3v) is 11.0. The number of aromatic nitrogens is 2. The van der Waals surface area contributed by atoms with Crippen molar-refractivity contribution in [1.29, 1.82) is 0 Å². The average molecular weight is 779 g/mol. The Hall–Kier alpha value is -4.25. The Balaban J connectivity index is 0.950. The highest BCUT2D eigenvalue weighted by atomic mass is 16.6. The van der Waals surface area contributed by atoms with Gasteiger partial charge in [0.1, 0.15) is 12.4 Å². The fourth-order valence-electron chi connectivity index (χ4n) is 7.77. The molecule has 0 saturated heterocycles. The molecule has 56 heavy (non-hydrogen) atoms. The van der Waals surface area contributed by atoms with Crippen molar-refractivity contribution >= 4 is 28.7 Å². The van der Waals surface area contributed by atoms with Gasteiger partial charge in [-0.15, -0.1) is 0 Å². The van der Waals surface area contributed by atoms with Crippen LogP contribution >= 0.6 is 0 Å². The second-order valence-electron chi connectivity index (χ2n) is 14.5. The Kier molecular flexibility index (Phi) is 14.2. The van der Waals surface area contributed by atoms with E-state index in [4.69, 9.17) is 39.1 Å². The summed E-state index contributed by atoms with van der Waals surface area (Å²) in [5.74, 6) is -0.604. The number of aliphatic hydroxyl groups is 1. The number of carbonyl (C=O) groups is 3. The van der Waals surface area contributed by atoms with Crippen LogP contribution in [0.3, 0.4) is 0 Å². The largest absolute Gasteiger partial charge is 0.458 e. The number of pyridine rings is 2. The lowest BCUT2D eigenvalue weighted by Gasteiger charge is -2.31. The molecule has 1 amide bonds. The van der Waals surface area contributed by atoms with Crippen LogP contribution < -0.4 is 21.3 Å². The number of esters is 2. The molecule has 0 bridgehead atoms. The molecular formula is C41H54N4O11. The molecule has 3 aliphatic rings. The quantitative estimate of drug-likeness (QED) is 0.0673. The van der Waals surface area contributed by atoms with Gasteiger partial charge in [0.05, 0.1) is 87.8 Å². The number of cyclic esters (lactones) is 1. The molecule has 4 N–H and O–H groups in total. The van der Waals surface area contributed by atoms with Gasteiger partial charge in [0.15, 0.2) is 5.60 Å². The minimum atomic E-state index is -1.89. The maximum Gasteiger partial charge on any atom is 0.343 e. The minimum Gasteiger partial charge on any atom is -0.458 e. The second kappa shape index (κ2) is 19.3. The van der Waals surface area contributed by atoms with Crippen LogP contribution in [0.4, 0.5) is 0 Å². The summed E-state index contributed by atoms with van der Waals surface area (Å²) in [6.45, 7) is 8.48. The molecule has 0 spiro atoms. The summed E-state index contributed by atoms with van der Waals surface area (Å²) < 4.78 is 34.3. The molecule has 304 valence electrons. The van der Waals surface area contributed by atoms with Gasteiger partial charge in [-0.05, 0) is 74.3 Å². The minimum absolute atomic E-state index is 0.0644. The van der Waals surface area contributed by atoms with E-state index in [1.54, 1.807) is 23.6 Å². The predicted octanol–water partition coefficient (Wildman–Crippen LogP) is 2.89. The second-order valence-corrected chi connectivity index (χ2v) is 14.5. The third kappa shape index (κ3) is 9.30. The van der Waals surface area contributed by atoms with Gasteiger partial charge in [0.2, 0.25) is 5.91 Å². The molecule has 15 heteroatoms. The van der Waals surface area contributed by atoms with Crippen LogP contribution in [0.5, 0.6) is 5.75 Å². The predicted molar refractivity (Wildman–Crippen MR) is 205 cm³/mol. The van der Waals surface area contributed by atoms with Crippen LogP contribution in [0.1, 0.15) is 74.6 Å². The summed E-state index contributed by atoms with van der Waals surface area (Å²) in [4.78, 5) is 56.8. The van der Waals surface area contributed by atoms with E-state index in [1.165, 1.54) is 0 Å². The normalized spacial score (nSPS) is 20.0. The van der Waals surface area contributed by atoms with Crippen LogP contribution in [0.25, 0.3) is 22.3 Å². The van der Waals surface area contributed by atoms with Gasteiger partial charge in [-0.3, -0.25) is 14.4 Å². The number of hydrogen-bond acceptors (Lipinski definition) is 13. The molecule has 6 rings (SSSR count). The molecule has 2 aliphatic heterocycles. The highest BCUT2D eigenvalue weighted by molar-refractivity contribution is 5.90. The first-order valence-electron chi connectivity index (χ1n) is 19.8. The van der Waals surface area contributed by atoms with Crippen LogP contribution in [0.2, 0.25) is 0 Å². The van der Waals surface area contributed by atoms with Gasteiger partial charge in [-0.2, -0.15) is 0 Å². The number of nitrogens with two attached hydrogens (primary N) is 1. The summed E-state index contributed by atoms with van der Waals surface area (Å²) in [5, 5.41) is 15.0. The molecule has 1 saturated carbocycles. The number of ether oxygens (including phenoxy) is 6. The highest BCUT2D eigenvalue weighted by Gasteiger charge is 2.45. The van der Waals surface area contributed by atoms with E-state index in [2.05, 4.69) is 5.32 Å². The van der Waals surface area contributed by atoms with Gasteiger partial charge in [0, 0.05) is 36.0 Å². The number of carbonyl (C=O) groups excluding carboxylic acids is 3. The van der Waals surface area contributed by atoms with Gasteiger partial charge in [-0.1, -0.05) is 13.8 Å². The van der Waals surface area contributed by atoms with Gasteiger partial charge >= 0.3 is 11.9 Å².